The zero-order chi connectivity index (χ0) is 21.6. The molecule has 160 valence electrons. The van der Waals surface area contributed by atoms with Crippen LogP contribution in [0.1, 0.15) is 22.3 Å². The van der Waals surface area contributed by atoms with E-state index in [1.54, 1.807) is 24.3 Å². The minimum atomic E-state index is -0.196. The number of benzene rings is 2. The second kappa shape index (κ2) is 9.90. The standard InChI is InChI=1S/C24H25ClN4O2/c25-21-8-6-19(7-9-21)24(31)27-12-10-22(30)29-15-13-28(14-16-29)17-20-4-1-3-18-5-2-11-26-23(18)20/h1-9,11H,10,12-17H2,(H,27,31). The van der Waals surface area contributed by atoms with Crippen molar-refractivity contribution in [3.05, 3.63) is 76.9 Å². The Morgan fingerprint density at radius 3 is 2.48 bits per heavy atom. The highest BCUT2D eigenvalue weighted by Gasteiger charge is 2.21. The molecule has 1 N–H and O–H groups in total. The maximum absolute atomic E-state index is 12.5. The molecule has 0 saturated carbocycles. The normalized spacial score (nSPS) is 14.5. The molecule has 0 spiro atoms. The van der Waals surface area contributed by atoms with E-state index >= 15 is 0 Å². The molecule has 1 aliphatic heterocycles. The van der Waals surface area contributed by atoms with Gasteiger partial charge in [0.1, 0.15) is 0 Å². The summed E-state index contributed by atoms with van der Waals surface area (Å²) in [6, 6.07) is 17.0. The van der Waals surface area contributed by atoms with Gasteiger partial charge in [0, 0.05) is 67.9 Å². The number of pyridine rings is 1. The van der Waals surface area contributed by atoms with E-state index < -0.39 is 0 Å². The fourth-order valence-electron chi connectivity index (χ4n) is 3.84. The number of nitrogens with one attached hydrogen (secondary N) is 1. The molecule has 2 aromatic carbocycles. The summed E-state index contributed by atoms with van der Waals surface area (Å²) < 4.78 is 0. The Bertz CT molecular complexity index is 1060. The third-order valence-electron chi connectivity index (χ3n) is 5.57. The molecule has 6 nitrogen and oxygen atoms in total. The Balaban J connectivity index is 1.22. The Labute approximate surface area is 186 Å². The van der Waals surface area contributed by atoms with Crippen molar-refractivity contribution in [3.63, 3.8) is 0 Å². The largest absolute Gasteiger partial charge is 0.352 e. The average Bonchev–Trinajstić information content (AvgIpc) is 2.80. The molecule has 3 aromatic rings. The Kier molecular flexibility index (Phi) is 6.79. The lowest BCUT2D eigenvalue weighted by Gasteiger charge is -2.35. The molecule has 1 aromatic heterocycles. The molecule has 2 amide bonds. The third kappa shape index (κ3) is 5.40. The van der Waals surface area contributed by atoms with Gasteiger partial charge in [-0.25, -0.2) is 0 Å². The van der Waals surface area contributed by atoms with Gasteiger partial charge >= 0.3 is 0 Å². The monoisotopic (exact) mass is 436 g/mol. The predicted octanol–water partition coefficient (Wildman–Crippen LogP) is 3.35. The molecule has 31 heavy (non-hydrogen) atoms. The predicted molar refractivity (Wildman–Crippen MR) is 122 cm³/mol. The fourth-order valence-corrected chi connectivity index (χ4v) is 3.96. The quantitative estimate of drug-likeness (QED) is 0.643. The van der Waals surface area contributed by atoms with Crippen molar-refractivity contribution >= 4 is 34.3 Å². The molecule has 0 unspecified atom stereocenters. The van der Waals surface area contributed by atoms with Crippen LogP contribution in [0.4, 0.5) is 0 Å². The van der Waals surface area contributed by atoms with E-state index in [9.17, 15) is 9.59 Å². The lowest BCUT2D eigenvalue weighted by molar-refractivity contribution is -0.132. The van der Waals surface area contributed by atoms with E-state index in [1.807, 2.05) is 17.2 Å². The number of amides is 2. The maximum Gasteiger partial charge on any atom is 0.251 e. The molecule has 4 rings (SSSR count). The Morgan fingerprint density at radius 2 is 1.71 bits per heavy atom. The molecule has 1 saturated heterocycles. The summed E-state index contributed by atoms with van der Waals surface area (Å²) in [7, 11) is 0. The van der Waals surface area contributed by atoms with Crippen molar-refractivity contribution in [1.82, 2.24) is 20.1 Å². The number of halogens is 1. The van der Waals surface area contributed by atoms with Gasteiger partial charge in [-0.05, 0) is 35.9 Å². The summed E-state index contributed by atoms with van der Waals surface area (Å²) in [5, 5.41) is 4.53. The number of carbonyl (C=O) groups excluding carboxylic acids is 2. The van der Waals surface area contributed by atoms with E-state index in [-0.39, 0.29) is 11.8 Å². The molecule has 0 bridgehead atoms. The topological polar surface area (TPSA) is 65.5 Å². The SMILES string of the molecule is O=C(NCCC(=O)N1CCN(Cc2cccc3cccnc23)CC1)c1ccc(Cl)cc1. The highest BCUT2D eigenvalue weighted by Crippen LogP contribution is 2.18. The van der Waals surface area contributed by atoms with Gasteiger partial charge in [-0.2, -0.15) is 0 Å². The van der Waals surface area contributed by atoms with Gasteiger partial charge in [0.15, 0.2) is 0 Å². The third-order valence-corrected chi connectivity index (χ3v) is 5.82. The molecular weight excluding hydrogens is 412 g/mol. The summed E-state index contributed by atoms with van der Waals surface area (Å²) in [6.45, 7) is 4.19. The van der Waals surface area contributed by atoms with Gasteiger partial charge in [0.05, 0.1) is 5.52 Å². The van der Waals surface area contributed by atoms with Crippen LogP contribution in [0.5, 0.6) is 0 Å². The van der Waals surface area contributed by atoms with Gasteiger partial charge in [-0.15, -0.1) is 0 Å². The van der Waals surface area contributed by atoms with E-state index in [0.717, 1.165) is 30.5 Å². The van der Waals surface area contributed by atoms with Crippen molar-refractivity contribution in [3.8, 4) is 0 Å². The van der Waals surface area contributed by atoms with Crippen LogP contribution in [0.2, 0.25) is 5.02 Å². The molecule has 1 aliphatic rings. The molecular formula is C24H25ClN4O2. The molecule has 2 heterocycles. The molecule has 0 aliphatic carbocycles. The zero-order valence-electron chi connectivity index (χ0n) is 17.3. The van der Waals surface area contributed by atoms with Crippen LogP contribution in [-0.2, 0) is 11.3 Å². The minimum Gasteiger partial charge on any atom is -0.352 e. The van der Waals surface area contributed by atoms with E-state index in [0.29, 0.717) is 36.6 Å². The maximum atomic E-state index is 12.5. The summed E-state index contributed by atoms with van der Waals surface area (Å²) in [4.78, 5) is 33.4. The number of piperazine rings is 1. The van der Waals surface area contributed by atoms with Crippen LogP contribution in [0.15, 0.2) is 60.8 Å². The first-order valence-electron chi connectivity index (χ1n) is 10.5. The van der Waals surface area contributed by atoms with Crippen LogP contribution in [0.25, 0.3) is 10.9 Å². The first-order chi connectivity index (χ1) is 15.1. The van der Waals surface area contributed by atoms with Gasteiger partial charge in [0.25, 0.3) is 5.91 Å². The number of aromatic nitrogens is 1. The minimum absolute atomic E-state index is 0.0721. The number of fused-ring (bicyclic) bond motifs is 1. The Morgan fingerprint density at radius 1 is 0.968 bits per heavy atom. The van der Waals surface area contributed by atoms with E-state index in [4.69, 9.17) is 11.6 Å². The van der Waals surface area contributed by atoms with Crippen molar-refractivity contribution in [2.24, 2.45) is 0 Å². The van der Waals surface area contributed by atoms with E-state index in [1.165, 1.54) is 5.56 Å². The van der Waals surface area contributed by atoms with Crippen LogP contribution in [-0.4, -0.2) is 59.3 Å². The van der Waals surface area contributed by atoms with Gasteiger partial charge in [0.2, 0.25) is 5.91 Å². The summed E-state index contributed by atoms with van der Waals surface area (Å²) in [5.41, 5.74) is 2.79. The lowest BCUT2D eigenvalue weighted by atomic mass is 10.1. The van der Waals surface area contributed by atoms with Crippen LogP contribution >= 0.6 is 11.6 Å². The van der Waals surface area contributed by atoms with Crippen molar-refractivity contribution < 1.29 is 9.59 Å². The van der Waals surface area contributed by atoms with Gasteiger partial charge in [-0.3, -0.25) is 19.5 Å². The summed E-state index contributed by atoms with van der Waals surface area (Å²) >= 11 is 5.84. The second-order valence-corrected chi connectivity index (χ2v) is 8.10. The second-order valence-electron chi connectivity index (χ2n) is 7.66. The van der Waals surface area contributed by atoms with Crippen molar-refractivity contribution in [2.75, 3.05) is 32.7 Å². The molecule has 0 atom stereocenters. The van der Waals surface area contributed by atoms with Crippen molar-refractivity contribution in [1.29, 1.82) is 0 Å². The zero-order valence-corrected chi connectivity index (χ0v) is 18.0. The highest BCUT2D eigenvalue weighted by atomic mass is 35.5. The number of hydrogen-bond donors (Lipinski definition) is 1. The number of para-hydroxylation sites is 1. The van der Waals surface area contributed by atoms with Crippen molar-refractivity contribution in [2.45, 2.75) is 13.0 Å². The Hall–Kier alpha value is -2.96. The highest BCUT2D eigenvalue weighted by molar-refractivity contribution is 6.30. The van der Waals surface area contributed by atoms with Crippen LogP contribution in [0.3, 0.4) is 0 Å². The van der Waals surface area contributed by atoms with Crippen LogP contribution < -0.4 is 5.32 Å². The number of hydrogen-bond acceptors (Lipinski definition) is 4. The van der Waals surface area contributed by atoms with Gasteiger partial charge < -0.3 is 10.2 Å². The number of carbonyl (C=O) groups is 2. The lowest BCUT2D eigenvalue weighted by Crippen LogP contribution is -2.48. The average molecular weight is 437 g/mol. The van der Waals surface area contributed by atoms with Crippen LogP contribution in [0, 0.1) is 0 Å². The smallest absolute Gasteiger partial charge is 0.251 e. The summed E-state index contributed by atoms with van der Waals surface area (Å²) in [6.07, 6.45) is 2.13. The number of nitrogens with zero attached hydrogens (tertiary/aromatic N) is 3. The number of rotatable bonds is 6. The fraction of sp³-hybridized carbons (Fsp3) is 0.292. The first kappa shape index (κ1) is 21.3. The first-order valence-corrected chi connectivity index (χ1v) is 10.8. The summed E-state index contributed by atoms with van der Waals surface area (Å²) in [5.74, 6) is -0.124. The molecule has 7 heteroatoms. The van der Waals surface area contributed by atoms with Gasteiger partial charge in [-0.1, -0.05) is 35.9 Å². The molecule has 1 fully saturated rings. The van der Waals surface area contributed by atoms with E-state index in [2.05, 4.69) is 39.5 Å². The molecule has 0 radical (unpaired) electrons.